The summed E-state index contributed by atoms with van der Waals surface area (Å²) >= 11 is 0. The maximum absolute atomic E-state index is 13.2. The van der Waals surface area contributed by atoms with Crippen molar-refractivity contribution in [2.24, 2.45) is 5.92 Å². The highest BCUT2D eigenvalue weighted by atomic mass is 16.2. The maximum atomic E-state index is 13.2. The molecule has 0 aromatic heterocycles. The standard InChI is InChI=1S/C31H29N3O3/c1-21-25(30(36)32-24-11-3-2-4-12-24)14-8-16-28(21)33-29(35)23-17-19-34(20-18-23)31(37)27-15-7-10-22-9-5-6-13-26(22)27/h2-16,23H,17-20H2,1H3,(H,32,36)(H,33,35). The molecule has 1 fully saturated rings. The zero-order valence-electron chi connectivity index (χ0n) is 20.7. The van der Waals surface area contributed by atoms with E-state index in [9.17, 15) is 14.4 Å². The van der Waals surface area contributed by atoms with E-state index in [0.717, 1.165) is 10.8 Å². The van der Waals surface area contributed by atoms with Crippen LogP contribution in [0.15, 0.2) is 91.0 Å². The Morgan fingerprint density at radius 1 is 0.730 bits per heavy atom. The lowest BCUT2D eigenvalue weighted by molar-refractivity contribution is -0.121. The van der Waals surface area contributed by atoms with E-state index in [0.29, 0.717) is 54.0 Å². The molecule has 37 heavy (non-hydrogen) atoms. The van der Waals surface area contributed by atoms with Crippen LogP contribution in [0.3, 0.4) is 0 Å². The molecule has 0 atom stereocenters. The fourth-order valence-electron chi connectivity index (χ4n) is 4.90. The number of amides is 3. The average molecular weight is 492 g/mol. The number of nitrogens with zero attached hydrogens (tertiary/aromatic N) is 1. The molecule has 0 saturated carbocycles. The molecule has 4 aromatic carbocycles. The second-order valence-electron chi connectivity index (χ2n) is 9.38. The van der Waals surface area contributed by atoms with Crippen molar-refractivity contribution < 1.29 is 14.4 Å². The Morgan fingerprint density at radius 2 is 1.38 bits per heavy atom. The number of benzene rings is 4. The van der Waals surface area contributed by atoms with Crippen LogP contribution in [0.5, 0.6) is 0 Å². The second kappa shape index (κ2) is 10.7. The Balaban J connectivity index is 1.22. The summed E-state index contributed by atoms with van der Waals surface area (Å²) in [6, 6.07) is 28.3. The summed E-state index contributed by atoms with van der Waals surface area (Å²) in [6.45, 7) is 2.89. The van der Waals surface area contributed by atoms with Gasteiger partial charge in [-0.1, -0.05) is 60.7 Å². The van der Waals surface area contributed by atoms with Gasteiger partial charge in [0.25, 0.3) is 11.8 Å². The highest BCUT2D eigenvalue weighted by Crippen LogP contribution is 2.26. The van der Waals surface area contributed by atoms with Gasteiger partial charge in [-0.25, -0.2) is 0 Å². The van der Waals surface area contributed by atoms with Crippen LogP contribution in [-0.2, 0) is 4.79 Å². The molecule has 6 nitrogen and oxygen atoms in total. The average Bonchev–Trinajstić information content (AvgIpc) is 2.94. The minimum atomic E-state index is -0.222. The first kappa shape index (κ1) is 24.3. The normalized spacial score (nSPS) is 13.8. The molecule has 0 aliphatic carbocycles. The molecule has 5 rings (SSSR count). The van der Waals surface area contributed by atoms with Gasteiger partial charge in [0.1, 0.15) is 0 Å². The number of hydrogen-bond acceptors (Lipinski definition) is 3. The number of rotatable bonds is 5. The zero-order valence-corrected chi connectivity index (χ0v) is 20.7. The van der Waals surface area contributed by atoms with Crippen LogP contribution in [0.4, 0.5) is 11.4 Å². The highest BCUT2D eigenvalue weighted by molar-refractivity contribution is 6.08. The van der Waals surface area contributed by atoms with Gasteiger partial charge in [-0.15, -0.1) is 0 Å². The monoisotopic (exact) mass is 491 g/mol. The molecule has 3 amide bonds. The smallest absolute Gasteiger partial charge is 0.256 e. The molecular formula is C31H29N3O3. The number of piperidine rings is 1. The molecule has 2 N–H and O–H groups in total. The van der Waals surface area contributed by atoms with Crippen LogP contribution in [-0.4, -0.2) is 35.7 Å². The summed E-state index contributed by atoms with van der Waals surface area (Å²) in [5, 5.41) is 7.90. The quantitative estimate of drug-likeness (QED) is 0.365. The topological polar surface area (TPSA) is 78.5 Å². The second-order valence-corrected chi connectivity index (χ2v) is 9.38. The van der Waals surface area contributed by atoms with Crippen LogP contribution in [0.2, 0.25) is 0 Å². The van der Waals surface area contributed by atoms with E-state index in [1.807, 2.05) is 90.7 Å². The molecule has 186 valence electrons. The zero-order chi connectivity index (χ0) is 25.8. The molecule has 1 saturated heterocycles. The van der Waals surface area contributed by atoms with Gasteiger partial charge in [0.15, 0.2) is 0 Å². The van der Waals surface area contributed by atoms with E-state index in [1.54, 1.807) is 12.1 Å². The summed E-state index contributed by atoms with van der Waals surface area (Å²) in [6.07, 6.45) is 1.19. The molecule has 0 unspecified atom stereocenters. The lowest BCUT2D eigenvalue weighted by Crippen LogP contribution is -2.41. The van der Waals surface area contributed by atoms with E-state index in [4.69, 9.17) is 0 Å². The predicted octanol–water partition coefficient (Wildman–Crippen LogP) is 5.89. The maximum Gasteiger partial charge on any atom is 0.256 e. The van der Waals surface area contributed by atoms with Gasteiger partial charge in [-0.3, -0.25) is 14.4 Å². The number of carbonyl (C=O) groups is 3. The number of hydrogen-bond donors (Lipinski definition) is 2. The minimum absolute atomic E-state index is 0.00336. The molecule has 4 aromatic rings. The van der Waals surface area contributed by atoms with Gasteiger partial charge in [0, 0.05) is 41.5 Å². The van der Waals surface area contributed by atoms with Gasteiger partial charge in [-0.2, -0.15) is 0 Å². The number of carbonyl (C=O) groups excluding carboxylic acids is 3. The van der Waals surface area contributed by atoms with Crippen molar-refractivity contribution in [3.05, 3.63) is 108 Å². The molecule has 1 heterocycles. The largest absolute Gasteiger partial charge is 0.339 e. The third-order valence-electron chi connectivity index (χ3n) is 7.04. The van der Waals surface area contributed by atoms with Gasteiger partial charge >= 0.3 is 0 Å². The van der Waals surface area contributed by atoms with Crippen molar-refractivity contribution in [1.82, 2.24) is 4.90 Å². The minimum Gasteiger partial charge on any atom is -0.339 e. The first-order chi connectivity index (χ1) is 18.0. The molecule has 0 radical (unpaired) electrons. The molecule has 1 aliphatic rings. The fraction of sp³-hybridized carbons (Fsp3) is 0.194. The molecular weight excluding hydrogens is 462 g/mol. The van der Waals surface area contributed by atoms with Crippen LogP contribution in [0.1, 0.15) is 39.1 Å². The van der Waals surface area contributed by atoms with Gasteiger partial charge in [-0.05, 0) is 66.4 Å². The van der Waals surface area contributed by atoms with E-state index in [2.05, 4.69) is 10.6 Å². The van der Waals surface area contributed by atoms with Crippen LogP contribution >= 0.6 is 0 Å². The summed E-state index contributed by atoms with van der Waals surface area (Å²) < 4.78 is 0. The Labute approximate surface area is 216 Å². The van der Waals surface area contributed by atoms with Crippen molar-refractivity contribution in [1.29, 1.82) is 0 Å². The van der Waals surface area contributed by atoms with Gasteiger partial charge in [0.05, 0.1) is 0 Å². The highest BCUT2D eigenvalue weighted by Gasteiger charge is 2.29. The van der Waals surface area contributed by atoms with Gasteiger partial charge in [0.2, 0.25) is 5.91 Å². The molecule has 0 spiro atoms. The third kappa shape index (κ3) is 5.23. The lowest BCUT2D eigenvalue weighted by Gasteiger charge is -2.31. The van der Waals surface area contributed by atoms with Crippen molar-refractivity contribution in [2.75, 3.05) is 23.7 Å². The molecule has 1 aliphatic heterocycles. The first-order valence-electron chi connectivity index (χ1n) is 12.5. The lowest BCUT2D eigenvalue weighted by atomic mass is 9.94. The van der Waals surface area contributed by atoms with Crippen molar-refractivity contribution >= 4 is 39.9 Å². The fourth-order valence-corrected chi connectivity index (χ4v) is 4.90. The molecule has 6 heteroatoms. The summed E-state index contributed by atoms with van der Waals surface area (Å²) in [5.74, 6) is -0.498. The van der Waals surface area contributed by atoms with Gasteiger partial charge < -0.3 is 15.5 Å². The number of nitrogens with one attached hydrogen (secondary N) is 2. The molecule has 0 bridgehead atoms. The summed E-state index contributed by atoms with van der Waals surface area (Å²) in [7, 11) is 0. The summed E-state index contributed by atoms with van der Waals surface area (Å²) in [4.78, 5) is 41.0. The predicted molar refractivity (Wildman–Crippen MR) is 147 cm³/mol. The number of anilines is 2. The number of likely N-dealkylation sites (tertiary alicyclic amines) is 1. The van der Waals surface area contributed by atoms with E-state index >= 15 is 0 Å². The van der Waals surface area contributed by atoms with Crippen LogP contribution < -0.4 is 10.6 Å². The Morgan fingerprint density at radius 3 is 2.16 bits per heavy atom. The van der Waals surface area contributed by atoms with Crippen molar-refractivity contribution in [3.63, 3.8) is 0 Å². The SMILES string of the molecule is Cc1c(NC(=O)C2CCN(C(=O)c3cccc4ccccc34)CC2)cccc1C(=O)Nc1ccccc1. The Hall–Kier alpha value is -4.45. The summed E-state index contributed by atoms with van der Waals surface area (Å²) in [5.41, 5.74) is 3.26. The third-order valence-corrected chi connectivity index (χ3v) is 7.04. The van der Waals surface area contributed by atoms with E-state index in [1.165, 1.54) is 0 Å². The first-order valence-corrected chi connectivity index (χ1v) is 12.5. The Kier molecular flexibility index (Phi) is 6.99. The Bertz CT molecular complexity index is 1450. The van der Waals surface area contributed by atoms with Crippen LogP contribution in [0, 0.1) is 12.8 Å². The van der Waals surface area contributed by atoms with E-state index in [-0.39, 0.29) is 23.6 Å². The van der Waals surface area contributed by atoms with Crippen LogP contribution in [0.25, 0.3) is 10.8 Å². The number of para-hydroxylation sites is 1. The van der Waals surface area contributed by atoms with Crippen molar-refractivity contribution in [3.8, 4) is 0 Å². The number of fused-ring (bicyclic) bond motifs is 1. The van der Waals surface area contributed by atoms with Crippen molar-refractivity contribution in [2.45, 2.75) is 19.8 Å². The van der Waals surface area contributed by atoms with E-state index < -0.39 is 0 Å².